The van der Waals surface area contributed by atoms with Crippen LogP contribution in [0.4, 0.5) is 0 Å². The maximum absolute atomic E-state index is 6.17. The Bertz CT molecular complexity index is 797. The van der Waals surface area contributed by atoms with Gasteiger partial charge in [0.1, 0.15) is 17.1 Å². The standard InChI is InChI=1S/C14H12ClIN4/c1-3-9-13(18-7-19-14(9)15)11-5-17-12-4-10(16)8(2)6-20(11)12/h4-7H,3H2,1-2H3. The molecule has 3 heterocycles. The van der Waals surface area contributed by atoms with Crippen molar-refractivity contribution in [2.45, 2.75) is 20.3 Å². The van der Waals surface area contributed by atoms with Gasteiger partial charge in [-0.25, -0.2) is 15.0 Å². The quantitative estimate of drug-likeness (QED) is 0.485. The summed E-state index contributed by atoms with van der Waals surface area (Å²) < 4.78 is 3.25. The van der Waals surface area contributed by atoms with Gasteiger partial charge in [-0.1, -0.05) is 18.5 Å². The van der Waals surface area contributed by atoms with Crippen molar-refractivity contribution in [1.82, 2.24) is 19.4 Å². The fraction of sp³-hybridized carbons (Fsp3) is 0.214. The normalized spacial score (nSPS) is 11.2. The Kier molecular flexibility index (Phi) is 3.64. The van der Waals surface area contributed by atoms with Crippen LogP contribution in [0.3, 0.4) is 0 Å². The second-order valence-electron chi connectivity index (χ2n) is 4.52. The number of fused-ring (bicyclic) bond motifs is 1. The molecule has 0 aliphatic heterocycles. The SMILES string of the molecule is CCc1c(Cl)ncnc1-c1cnc2cc(I)c(C)cn12. The van der Waals surface area contributed by atoms with Crippen LogP contribution in [-0.2, 0) is 6.42 Å². The van der Waals surface area contributed by atoms with Crippen molar-refractivity contribution in [2.24, 2.45) is 0 Å². The molecule has 0 fully saturated rings. The first-order chi connectivity index (χ1) is 9.61. The number of hydrogen-bond acceptors (Lipinski definition) is 3. The van der Waals surface area contributed by atoms with Crippen molar-refractivity contribution in [1.29, 1.82) is 0 Å². The summed E-state index contributed by atoms with van der Waals surface area (Å²) in [6, 6.07) is 2.06. The molecule has 0 saturated carbocycles. The summed E-state index contributed by atoms with van der Waals surface area (Å²) in [5, 5.41) is 0.509. The molecule has 0 radical (unpaired) electrons. The van der Waals surface area contributed by atoms with Crippen LogP contribution in [0.15, 0.2) is 24.8 Å². The number of nitrogens with zero attached hydrogens (tertiary/aromatic N) is 4. The minimum absolute atomic E-state index is 0.509. The zero-order valence-electron chi connectivity index (χ0n) is 11.1. The van der Waals surface area contributed by atoms with E-state index < -0.39 is 0 Å². The second-order valence-corrected chi connectivity index (χ2v) is 6.04. The molecule has 0 aliphatic rings. The van der Waals surface area contributed by atoms with E-state index in [0.717, 1.165) is 29.0 Å². The van der Waals surface area contributed by atoms with E-state index in [4.69, 9.17) is 11.6 Å². The van der Waals surface area contributed by atoms with Gasteiger partial charge in [-0.15, -0.1) is 0 Å². The zero-order chi connectivity index (χ0) is 14.3. The number of aryl methyl sites for hydroxylation is 1. The molecule has 0 atom stereocenters. The largest absolute Gasteiger partial charge is 0.298 e. The Morgan fingerprint density at radius 1 is 1.30 bits per heavy atom. The summed E-state index contributed by atoms with van der Waals surface area (Å²) in [4.78, 5) is 12.9. The molecule has 3 rings (SSSR count). The van der Waals surface area contributed by atoms with Crippen molar-refractivity contribution < 1.29 is 0 Å². The van der Waals surface area contributed by atoms with Gasteiger partial charge in [0.05, 0.1) is 17.6 Å². The summed E-state index contributed by atoms with van der Waals surface area (Å²) in [7, 11) is 0. The van der Waals surface area contributed by atoms with Gasteiger partial charge in [0.25, 0.3) is 0 Å². The maximum Gasteiger partial charge on any atom is 0.138 e. The van der Waals surface area contributed by atoms with E-state index >= 15 is 0 Å². The summed E-state index contributed by atoms with van der Waals surface area (Å²) in [5.41, 5.74) is 4.86. The average Bonchev–Trinajstić information content (AvgIpc) is 2.81. The maximum atomic E-state index is 6.17. The van der Waals surface area contributed by atoms with Gasteiger partial charge in [0.2, 0.25) is 0 Å². The number of aromatic nitrogens is 4. The molecule has 3 aromatic rings. The smallest absolute Gasteiger partial charge is 0.138 e. The minimum atomic E-state index is 0.509. The summed E-state index contributed by atoms with van der Waals surface area (Å²) in [6.45, 7) is 4.13. The molecule has 0 amide bonds. The van der Waals surface area contributed by atoms with Gasteiger partial charge in [0, 0.05) is 15.3 Å². The number of halogens is 2. The van der Waals surface area contributed by atoms with Crippen LogP contribution >= 0.6 is 34.2 Å². The van der Waals surface area contributed by atoms with E-state index in [0.29, 0.717) is 5.15 Å². The van der Waals surface area contributed by atoms with Crippen LogP contribution in [0.25, 0.3) is 17.0 Å². The molecule has 0 saturated heterocycles. The Balaban J connectivity index is 2.30. The first-order valence-corrected chi connectivity index (χ1v) is 7.70. The Morgan fingerprint density at radius 3 is 2.85 bits per heavy atom. The predicted molar refractivity (Wildman–Crippen MR) is 88.1 cm³/mol. The Hall–Kier alpha value is -1.21. The van der Waals surface area contributed by atoms with E-state index in [1.165, 1.54) is 15.5 Å². The fourth-order valence-corrected chi connectivity index (χ4v) is 2.88. The molecule has 0 unspecified atom stereocenters. The predicted octanol–water partition coefficient (Wildman–Crippen LogP) is 3.92. The van der Waals surface area contributed by atoms with E-state index in [2.05, 4.69) is 61.1 Å². The fourth-order valence-electron chi connectivity index (χ4n) is 2.20. The van der Waals surface area contributed by atoms with Crippen LogP contribution < -0.4 is 0 Å². The molecule has 3 aromatic heterocycles. The van der Waals surface area contributed by atoms with Gasteiger partial charge >= 0.3 is 0 Å². The number of pyridine rings is 1. The highest BCUT2D eigenvalue weighted by atomic mass is 127. The molecule has 6 heteroatoms. The zero-order valence-corrected chi connectivity index (χ0v) is 14.0. The third-order valence-electron chi connectivity index (χ3n) is 3.27. The van der Waals surface area contributed by atoms with E-state index in [9.17, 15) is 0 Å². The van der Waals surface area contributed by atoms with E-state index in [-0.39, 0.29) is 0 Å². The van der Waals surface area contributed by atoms with Gasteiger partial charge < -0.3 is 0 Å². The topological polar surface area (TPSA) is 43.1 Å². The lowest BCUT2D eigenvalue weighted by Gasteiger charge is -2.08. The monoisotopic (exact) mass is 398 g/mol. The molecule has 0 spiro atoms. The molecule has 102 valence electrons. The third-order valence-corrected chi connectivity index (χ3v) is 4.76. The first kappa shape index (κ1) is 13.8. The highest BCUT2D eigenvalue weighted by molar-refractivity contribution is 14.1. The number of rotatable bonds is 2. The third kappa shape index (κ3) is 2.18. The Morgan fingerprint density at radius 2 is 2.10 bits per heavy atom. The van der Waals surface area contributed by atoms with Crippen molar-refractivity contribution in [3.05, 3.63) is 44.6 Å². The van der Waals surface area contributed by atoms with Crippen LogP contribution in [0.1, 0.15) is 18.1 Å². The highest BCUT2D eigenvalue weighted by Crippen LogP contribution is 2.27. The van der Waals surface area contributed by atoms with Crippen molar-refractivity contribution in [2.75, 3.05) is 0 Å². The summed E-state index contributed by atoms with van der Waals surface area (Å²) in [5.74, 6) is 0. The average molecular weight is 399 g/mol. The molecular weight excluding hydrogens is 387 g/mol. The Labute approximate surface area is 135 Å². The molecular formula is C14H12ClIN4. The molecule has 0 aromatic carbocycles. The van der Waals surface area contributed by atoms with E-state index in [1.807, 2.05) is 13.1 Å². The molecule has 0 N–H and O–H groups in total. The van der Waals surface area contributed by atoms with Crippen molar-refractivity contribution in [3.63, 3.8) is 0 Å². The number of imidazole rings is 1. The van der Waals surface area contributed by atoms with Gasteiger partial charge in [-0.2, -0.15) is 0 Å². The van der Waals surface area contributed by atoms with Gasteiger partial charge in [-0.3, -0.25) is 4.40 Å². The van der Waals surface area contributed by atoms with E-state index in [1.54, 1.807) is 0 Å². The van der Waals surface area contributed by atoms with Gasteiger partial charge in [0.15, 0.2) is 0 Å². The highest BCUT2D eigenvalue weighted by Gasteiger charge is 2.14. The lowest BCUT2D eigenvalue weighted by atomic mass is 10.1. The van der Waals surface area contributed by atoms with Gasteiger partial charge in [-0.05, 0) is 47.6 Å². The first-order valence-electron chi connectivity index (χ1n) is 6.24. The van der Waals surface area contributed by atoms with Crippen molar-refractivity contribution in [3.8, 4) is 11.4 Å². The molecule has 4 nitrogen and oxygen atoms in total. The summed E-state index contributed by atoms with van der Waals surface area (Å²) >= 11 is 8.49. The molecule has 20 heavy (non-hydrogen) atoms. The second kappa shape index (κ2) is 5.29. The molecule has 0 aliphatic carbocycles. The van der Waals surface area contributed by atoms with Crippen molar-refractivity contribution >= 4 is 39.8 Å². The van der Waals surface area contributed by atoms with Crippen LogP contribution in [0.2, 0.25) is 5.15 Å². The molecule has 0 bridgehead atoms. The number of hydrogen-bond donors (Lipinski definition) is 0. The van der Waals surface area contributed by atoms with Crippen LogP contribution in [0.5, 0.6) is 0 Å². The van der Waals surface area contributed by atoms with Crippen LogP contribution in [0, 0.1) is 10.5 Å². The summed E-state index contributed by atoms with van der Waals surface area (Å²) in [6.07, 6.45) is 6.19. The lowest BCUT2D eigenvalue weighted by molar-refractivity contribution is 1.03. The lowest BCUT2D eigenvalue weighted by Crippen LogP contribution is -1.99. The minimum Gasteiger partial charge on any atom is -0.298 e. The van der Waals surface area contributed by atoms with Crippen LogP contribution in [-0.4, -0.2) is 19.4 Å².